The van der Waals surface area contributed by atoms with Gasteiger partial charge >= 0.3 is 5.69 Å². The molecule has 1 aliphatic rings. The quantitative estimate of drug-likeness (QED) is 0.841. The molecule has 128 valence electrons. The van der Waals surface area contributed by atoms with E-state index in [2.05, 4.69) is 15.1 Å². The Bertz CT molecular complexity index is 810. The van der Waals surface area contributed by atoms with Crippen LogP contribution in [-0.2, 0) is 11.3 Å². The number of aromatic nitrogens is 4. The van der Waals surface area contributed by atoms with Crippen molar-refractivity contribution in [1.29, 1.82) is 0 Å². The second kappa shape index (κ2) is 6.54. The first-order chi connectivity index (χ1) is 11.5. The van der Waals surface area contributed by atoms with Crippen LogP contribution in [0.5, 0.6) is 0 Å². The summed E-state index contributed by atoms with van der Waals surface area (Å²) in [6.45, 7) is 5.92. The van der Waals surface area contributed by atoms with E-state index < -0.39 is 5.69 Å². The van der Waals surface area contributed by atoms with Gasteiger partial charge in [-0.3, -0.25) is 9.36 Å². The van der Waals surface area contributed by atoms with Gasteiger partial charge in [-0.1, -0.05) is 5.16 Å². The molecule has 8 heteroatoms. The first-order valence-electron chi connectivity index (χ1n) is 8.10. The molecule has 0 spiro atoms. The minimum absolute atomic E-state index is 0.0262. The second-order valence-corrected chi connectivity index (χ2v) is 6.19. The maximum Gasteiger partial charge on any atom is 0.348 e. The van der Waals surface area contributed by atoms with Gasteiger partial charge < -0.3 is 9.42 Å². The molecule has 0 saturated carbocycles. The van der Waals surface area contributed by atoms with Gasteiger partial charge in [0.2, 0.25) is 11.8 Å². The van der Waals surface area contributed by atoms with Crippen molar-refractivity contribution in [2.24, 2.45) is 0 Å². The van der Waals surface area contributed by atoms with Crippen LogP contribution in [0.15, 0.2) is 15.4 Å². The molecule has 1 unspecified atom stereocenters. The van der Waals surface area contributed by atoms with Crippen molar-refractivity contribution < 1.29 is 9.32 Å². The lowest BCUT2D eigenvalue weighted by atomic mass is 10.0. The van der Waals surface area contributed by atoms with Gasteiger partial charge in [-0.25, -0.2) is 4.79 Å². The van der Waals surface area contributed by atoms with Gasteiger partial charge in [-0.15, -0.1) is 0 Å². The Morgan fingerprint density at radius 2 is 2.08 bits per heavy atom. The third kappa shape index (κ3) is 3.22. The van der Waals surface area contributed by atoms with Crippen LogP contribution in [0, 0.1) is 20.8 Å². The summed E-state index contributed by atoms with van der Waals surface area (Å²) in [5.41, 5.74) is 0.976. The fraction of sp³-hybridized carbons (Fsp3) is 0.562. The predicted molar refractivity (Wildman–Crippen MR) is 85.3 cm³/mol. The largest absolute Gasteiger partial charge is 0.348 e. The number of amides is 1. The Balaban J connectivity index is 1.84. The maximum absolute atomic E-state index is 12.8. The lowest BCUT2D eigenvalue weighted by Gasteiger charge is -2.33. The molecule has 1 amide bonds. The summed E-state index contributed by atoms with van der Waals surface area (Å²) >= 11 is 0. The molecule has 0 N–H and O–H groups in total. The molecule has 1 aliphatic heterocycles. The van der Waals surface area contributed by atoms with Crippen molar-refractivity contribution in [3.05, 3.63) is 39.7 Å². The van der Waals surface area contributed by atoms with E-state index in [0.29, 0.717) is 24.0 Å². The highest BCUT2D eigenvalue weighted by Gasteiger charge is 2.32. The predicted octanol–water partition coefficient (Wildman–Crippen LogP) is 1.31. The Hall–Kier alpha value is -2.51. The van der Waals surface area contributed by atoms with Crippen LogP contribution >= 0.6 is 0 Å². The number of carbonyl (C=O) groups is 1. The van der Waals surface area contributed by atoms with Gasteiger partial charge in [0.15, 0.2) is 5.82 Å². The summed E-state index contributed by atoms with van der Waals surface area (Å²) in [4.78, 5) is 34.8. The van der Waals surface area contributed by atoms with Crippen LogP contribution in [-0.4, -0.2) is 37.0 Å². The summed E-state index contributed by atoms with van der Waals surface area (Å²) in [5.74, 6) is 0.885. The van der Waals surface area contributed by atoms with Crippen LogP contribution < -0.4 is 5.69 Å². The minimum atomic E-state index is -0.400. The number of rotatable bonds is 3. The summed E-state index contributed by atoms with van der Waals surface area (Å²) in [7, 11) is 0. The molecule has 1 saturated heterocycles. The summed E-state index contributed by atoms with van der Waals surface area (Å²) in [5, 5.41) is 3.82. The van der Waals surface area contributed by atoms with Gasteiger partial charge in [0.1, 0.15) is 12.6 Å². The molecule has 0 radical (unpaired) electrons. The number of nitrogens with zero attached hydrogens (tertiary/aromatic N) is 5. The zero-order chi connectivity index (χ0) is 17.3. The number of piperidine rings is 1. The summed E-state index contributed by atoms with van der Waals surface area (Å²) in [6, 6.07) is 1.57. The molecule has 3 heterocycles. The molecule has 1 atom stereocenters. The van der Waals surface area contributed by atoms with Gasteiger partial charge in [-0.05, 0) is 46.1 Å². The fourth-order valence-corrected chi connectivity index (χ4v) is 3.13. The average Bonchev–Trinajstić information content (AvgIpc) is 2.97. The third-order valence-electron chi connectivity index (χ3n) is 4.29. The molecule has 8 nitrogen and oxygen atoms in total. The van der Waals surface area contributed by atoms with Crippen molar-refractivity contribution in [1.82, 2.24) is 24.6 Å². The van der Waals surface area contributed by atoms with Crippen molar-refractivity contribution in [3.8, 4) is 0 Å². The fourth-order valence-electron chi connectivity index (χ4n) is 3.13. The smallest absolute Gasteiger partial charge is 0.337 e. The van der Waals surface area contributed by atoms with E-state index >= 15 is 0 Å². The topological polar surface area (TPSA) is 94.1 Å². The van der Waals surface area contributed by atoms with Crippen molar-refractivity contribution in [3.63, 3.8) is 0 Å². The standard InChI is InChI=1S/C16H21N5O3/c1-10-8-11(2)21(16(23)17-10)9-14(22)20-7-5-4-6-13(20)15-18-12(3)19-24-15/h8,13H,4-7,9H2,1-3H3. The van der Waals surface area contributed by atoms with Crippen LogP contribution in [0.2, 0.25) is 0 Å². The van der Waals surface area contributed by atoms with Gasteiger partial charge in [0.25, 0.3) is 0 Å². The van der Waals surface area contributed by atoms with Crippen molar-refractivity contribution >= 4 is 5.91 Å². The number of carbonyl (C=O) groups excluding carboxylic acids is 1. The van der Waals surface area contributed by atoms with Gasteiger partial charge in [0, 0.05) is 17.9 Å². The van der Waals surface area contributed by atoms with Crippen molar-refractivity contribution in [2.75, 3.05) is 6.54 Å². The highest BCUT2D eigenvalue weighted by Crippen LogP contribution is 2.30. The Morgan fingerprint density at radius 3 is 2.75 bits per heavy atom. The van der Waals surface area contributed by atoms with Crippen LogP contribution in [0.4, 0.5) is 0 Å². The van der Waals surface area contributed by atoms with E-state index in [1.165, 1.54) is 4.57 Å². The molecule has 2 aromatic rings. The summed E-state index contributed by atoms with van der Waals surface area (Å²) < 4.78 is 6.66. The molecule has 0 bridgehead atoms. The van der Waals surface area contributed by atoms with Gasteiger partial charge in [-0.2, -0.15) is 9.97 Å². The Morgan fingerprint density at radius 1 is 1.29 bits per heavy atom. The molecular formula is C16H21N5O3. The minimum Gasteiger partial charge on any atom is -0.337 e. The number of hydrogen-bond acceptors (Lipinski definition) is 6. The highest BCUT2D eigenvalue weighted by atomic mass is 16.5. The zero-order valence-corrected chi connectivity index (χ0v) is 14.2. The van der Waals surface area contributed by atoms with E-state index in [1.54, 1.807) is 31.7 Å². The van der Waals surface area contributed by atoms with Gasteiger partial charge in [0.05, 0.1) is 0 Å². The lowest BCUT2D eigenvalue weighted by Crippen LogP contribution is -2.42. The maximum atomic E-state index is 12.8. The zero-order valence-electron chi connectivity index (χ0n) is 14.2. The molecule has 2 aromatic heterocycles. The van der Waals surface area contributed by atoms with E-state index in [4.69, 9.17) is 4.52 Å². The molecular weight excluding hydrogens is 310 g/mol. The second-order valence-electron chi connectivity index (χ2n) is 6.19. The number of hydrogen-bond donors (Lipinski definition) is 0. The molecule has 24 heavy (non-hydrogen) atoms. The monoisotopic (exact) mass is 331 g/mol. The van der Waals surface area contributed by atoms with E-state index in [1.807, 2.05) is 0 Å². The molecule has 1 fully saturated rings. The Labute approximate surface area is 139 Å². The van der Waals surface area contributed by atoms with Crippen molar-refractivity contribution in [2.45, 2.75) is 52.6 Å². The van der Waals surface area contributed by atoms with Crippen LogP contribution in [0.3, 0.4) is 0 Å². The molecule has 0 aromatic carbocycles. The van der Waals surface area contributed by atoms with E-state index in [0.717, 1.165) is 25.0 Å². The van der Waals surface area contributed by atoms with Crippen LogP contribution in [0.1, 0.15) is 48.4 Å². The molecule has 0 aliphatic carbocycles. The third-order valence-corrected chi connectivity index (χ3v) is 4.29. The highest BCUT2D eigenvalue weighted by molar-refractivity contribution is 5.76. The first-order valence-corrected chi connectivity index (χ1v) is 8.10. The van der Waals surface area contributed by atoms with E-state index in [-0.39, 0.29) is 18.5 Å². The summed E-state index contributed by atoms with van der Waals surface area (Å²) in [6.07, 6.45) is 2.71. The van der Waals surface area contributed by atoms with E-state index in [9.17, 15) is 9.59 Å². The Kier molecular flexibility index (Phi) is 4.46. The van der Waals surface area contributed by atoms with Crippen LogP contribution in [0.25, 0.3) is 0 Å². The normalized spacial score (nSPS) is 18.0. The average molecular weight is 331 g/mol. The lowest BCUT2D eigenvalue weighted by molar-refractivity contribution is -0.136. The molecule has 3 rings (SSSR count). The SMILES string of the molecule is Cc1cc(C)n(CC(=O)N2CCCCC2c2nc(C)no2)c(=O)n1. The number of aryl methyl sites for hydroxylation is 3. The number of likely N-dealkylation sites (tertiary alicyclic amines) is 1. The first kappa shape index (κ1) is 16.4.